The lowest BCUT2D eigenvalue weighted by Gasteiger charge is -2.24. The summed E-state index contributed by atoms with van der Waals surface area (Å²) in [5.41, 5.74) is 0. The van der Waals surface area contributed by atoms with Crippen molar-refractivity contribution in [2.24, 2.45) is 0 Å². The highest BCUT2D eigenvalue weighted by Crippen LogP contribution is 2.38. The first-order valence-corrected chi connectivity index (χ1v) is 8.26. The second kappa shape index (κ2) is 5.47. The predicted molar refractivity (Wildman–Crippen MR) is 77.4 cm³/mol. The number of nitrogens with zero attached hydrogens (tertiary/aromatic N) is 3. The molecule has 1 unspecified atom stereocenters. The van der Waals surface area contributed by atoms with Crippen molar-refractivity contribution in [2.75, 3.05) is 24.2 Å². The van der Waals surface area contributed by atoms with E-state index in [-0.39, 0.29) is 0 Å². The zero-order valence-corrected chi connectivity index (χ0v) is 11.8. The quantitative estimate of drug-likeness (QED) is 0.838. The summed E-state index contributed by atoms with van der Waals surface area (Å²) >= 11 is 2.00. The second-order valence-corrected chi connectivity index (χ2v) is 6.48. The van der Waals surface area contributed by atoms with Gasteiger partial charge in [-0.25, -0.2) is 9.97 Å². The van der Waals surface area contributed by atoms with Crippen molar-refractivity contribution in [3.05, 3.63) is 18.1 Å². The molecule has 1 aromatic rings. The van der Waals surface area contributed by atoms with E-state index in [0.717, 1.165) is 30.0 Å². The van der Waals surface area contributed by atoms with Crippen LogP contribution in [0, 0.1) is 0 Å². The Balaban J connectivity index is 1.77. The molecule has 2 heterocycles. The highest BCUT2D eigenvalue weighted by atomic mass is 32.2. The fraction of sp³-hybridized carbons (Fsp3) is 0.714. The summed E-state index contributed by atoms with van der Waals surface area (Å²) in [5, 5.41) is 0.756. The standard InChI is InChI=1S/C14H21N3S/c1-18-12-4-2-3-9-17(10-12)13-7-8-15-14(16-13)11-5-6-11/h7-8,11-12H,2-6,9-10H2,1H3. The zero-order valence-electron chi connectivity index (χ0n) is 11.0. The lowest BCUT2D eigenvalue weighted by atomic mass is 10.2. The van der Waals surface area contributed by atoms with Crippen LogP contribution in [0.4, 0.5) is 5.82 Å². The Kier molecular flexibility index (Phi) is 3.73. The number of hydrogen-bond donors (Lipinski definition) is 0. The van der Waals surface area contributed by atoms with E-state index >= 15 is 0 Å². The maximum atomic E-state index is 4.77. The molecular formula is C14H21N3S. The lowest BCUT2D eigenvalue weighted by Crippen LogP contribution is -2.30. The van der Waals surface area contributed by atoms with Crippen LogP contribution in [0.25, 0.3) is 0 Å². The third-order valence-corrected chi connectivity index (χ3v) is 4.94. The van der Waals surface area contributed by atoms with Gasteiger partial charge in [-0.15, -0.1) is 0 Å². The Hall–Kier alpha value is -0.770. The van der Waals surface area contributed by atoms with Crippen molar-refractivity contribution in [2.45, 2.75) is 43.3 Å². The average molecular weight is 263 g/mol. The summed E-state index contributed by atoms with van der Waals surface area (Å²) in [6.07, 6.45) is 10.7. The first kappa shape index (κ1) is 12.3. The van der Waals surface area contributed by atoms with Gasteiger partial charge in [-0.2, -0.15) is 11.8 Å². The SMILES string of the molecule is CSC1CCCCN(c2ccnc(C3CC3)n2)C1. The molecule has 4 heteroatoms. The number of hydrogen-bond acceptors (Lipinski definition) is 4. The van der Waals surface area contributed by atoms with Crippen LogP contribution in [0.15, 0.2) is 12.3 Å². The van der Waals surface area contributed by atoms with E-state index in [1.165, 1.54) is 32.1 Å². The van der Waals surface area contributed by atoms with Crippen LogP contribution in [0.5, 0.6) is 0 Å². The maximum Gasteiger partial charge on any atom is 0.133 e. The van der Waals surface area contributed by atoms with Gasteiger partial charge in [0.1, 0.15) is 11.6 Å². The maximum absolute atomic E-state index is 4.77. The molecule has 1 aliphatic heterocycles. The van der Waals surface area contributed by atoms with Crippen molar-refractivity contribution in [1.82, 2.24) is 9.97 Å². The molecule has 1 aromatic heterocycles. The van der Waals surface area contributed by atoms with Crippen LogP contribution in [0.2, 0.25) is 0 Å². The van der Waals surface area contributed by atoms with Crippen LogP contribution < -0.4 is 4.90 Å². The van der Waals surface area contributed by atoms with Crippen molar-refractivity contribution in [3.63, 3.8) is 0 Å². The van der Waals surface area contributed by atoms with Gasteiger partial charge in [0.15, 0.2) is 0 Å². The van der Waals surface area contributed by atoms with Gasteiger partial charge in [-0.05, 0) is 38.0 Å². The summed E-state index contributed by atoms with van der Waals surface area (Å²) in [4.78, 5) is 11.7. The second-order valence-electron chi connectivity index (χ2n) is 5.35. The Labute approximate surface area is 113 Å². The molecule has 1 atom stereocenters. The molecule has 18 heavy (non-hydrogen) atoms. The smallest absolute Gasteiger partial charge is 0.133 e. The van der Waals surface area contributed by atoms with E-state index in [1.807, 2.05) is 18.0 Å². The molecule has 1 aliphatic carbocycles. The number of aromatic nitrogens is 2. The molecule has 0 aromatic carbocycles. The van der Waals surface area contributed by atoms with E-state index < -0.39 is 0 Å². The van der Waals surface area contributed by atoms with E-state index in [9.17, 15) is 0 Å². The predicted octanol–water partition coefficient (Wildman–Crippen LogP) is 3.08. The van der Waals surface area contributed by atoms with Gasteiger partial charge >= 0.3 is 0 Å². The monoisotopic (exact) mass is 263 g/mol. The van der Waals surface area contributed by atoms with Gasteiger partial charge in [0, 0.05) is 30.5 Å². The lowest BCUT2D eigenvalue weighted by molar-refractivity contribution is 0.736. The van der Waals surface area contributed by atoms with Gasteiger partial charge < -0.3 is 4.90 Å². The zero-order chi connectivity index (χ0) is 12.4. The molecule has 3 rings (SSSR count). The fourth-order valence-corrected chi connectivity index (χ4v) is 3.31. The van der Waals surface area contributed by atoms with Gasteiger partial charge in [-0.1, -0.05) is 6.42 Å². The van der Waals surface area contributed by atoms with Gasteiger partial charge in [-0.3, -0.25) is 0 Å². The number of thioether (sulfide) groups is 1. The largest absolute Gasteiger partial charge is 0.355 e. The average Bonchev–Trinajstić information content (AvgIpc) is 3.25. The molecule has 0 amide bonds. The van der Waals surface area contributed by atoms with Crippen molar-refractivity contribution in [1.29, 1.82) is 0 Å². The van der Waals surface area contributed by atoms with Gasteiger partial charge in [0.2, 0.25) is 0 Å². The van der Waals surface area contributed by atoms with Crippen LogP contribution in [0.1, 0.15) is 43.8 Å². The summed E-state index contributed by atoms with van der Waals surface area (Å²) in [5.74, 6) is 2.86. The highest BCUT2D eigenvalue weighted by Gasteiger charge is 2.27. The summed E-state index contributed by atoms with van der Waals surface area (Å²) in [6.45, 7) is 2.29. The van der Waals surface area contributed by atoms with Gasteiger partial charge in [0.25, 0.3) is 0 Å². The highest BCUT2D eigenvalue weighted by molar-refractivity contribution is 7.99. The molecule has 3 nitrogen and oxygen atoms in total. The topological polar surface area (TPSA) is 29.0 Å². The van der Waals surface area contributed by atoms with Crippen LogP contribution in [-0.4, -0.2) is 34.6 Å². The van der Waals surface area contributed by atoms with E-state index in [2.05, 4.69) is 22.2 Å². The minimum atomic E-state index is 0.647. The van der Waals surface area contributed by atoms with Crippen LogP contribution in [0.3, 0.4) is 0 Å². The van der Waals surface area contributed by atoms with Gasteiger partial charge in [0.05, 0.1) is 0 Å². The summed E-state index contributed by atoms with van der Waals surface area (Å²) in [6, 6.07) is 2.08. The summed E-state index contributed by atoms with van der Waals surface area (Å²) < 4.78 is 0. The molecule has 0 spiro atoms. The molecule has 0 radical (unpaired) electrons. The van der Waals surface area contributed by atoms with Crippen molar-refractivity contribution < 1.29 is 0 Å². The third-order valence-electron chi connectivity index (χ3n) is 3.89. The Bertz CT molecular complexity index is 406. The summed E-state index contributed by atoms with van der Waals surface area (Å²) in [7, 11) is 0. The van der Waals surface area contributed by atoms with Crippen molar-refractivity contribution >= 4 is 17.6 Å². The minimum absolute atomic E-state index is 0.647. The number of anilines is 1. The molecule has 2 aliphatic rings. The molecule has 0 N–H and O–H groups in total. The van der Waals surface area contributed by atoms with Crippen LogP contribution >= 0.6 is 11.8 Å². The third kappa shape index (κ3) is 2.79. The first-order chi connectivity index (χ1) is 8.86. The van der Waals surface area contributed by atoms with Crippen LogP contribution in [-0.2, 0) is 0 Å². The Morgan fingerprint density at radius 3 is 2.94 bits per heavy atom. The molecule has 2 fully saturated rings. The first-order valence-electron chi connectivity index (χ1n) is 6.97. The Morgan fingerprint density at radius 2 is 2.17 bits per heavy atom. The normalized spacial score (nSPS) is 24.9. The number of rotatable bonds is 3. The van der Waals surface area contributed by atoms with E-state index in [4.69, 9.17) is 4.98 Å². The molecule has 1 saturated heterocycles. The fourth-order valence-electron chi connectivity index (χ4n) is 2.58. The molecular weight excluding hydrogens is 242 g/mol. The molecule has 1 saturated carbocycles. The molecule has 98 valence electrons. The Morgan fingerprint density at radius 1 is 1.28 bits per heavy atom. The van der Waals surface area contributed by atoms with Crippen molar-refractivity contribution in [3.8, 4) is 0 Å². The van der Waals surface area contributed by atoms with E-state index in [1.54, 1.807) is 0 Å². The van der Waals surface area contributed by atoms with E-state index in [0.29, 0.717) is 5.92 Å². The minimum Gasteiger partial charge on any atom is -0.355 e. The molecule has 0 bridgehead atoms.